The number of nitrogens with one attached hydrogen (secondary N) is 1. The zero-order chi connectivity index (χ0) is 24.4. The predicted octanol–water partition coefficient (Wildman–Crippen LogP) is 4.32. The van der Waals surface area contributed by atoms with E-state index >= 15 is 0 Å². The van der Waals surface area contributed by atoms with E-state index in [1.165, 1.54) is 5.56 Å². The summed E-state index contributed by atoms with van der Waals surface area (Å²) < 4.78 is 7.01. The topological polar surface area (TPSA) is 76.5 Å². The van der Waals surface area contributed by atoms with Gasteiger partial charge in [0.25, 0.3) is 0 Å². The summed E-state index contributed by atoms with van der Waals surface area (Å²) in [5, 5.41) is 12.2. The van der Waals surface area contributed by atoms with Gasteiger partial charge in [-0.3, -0.25) is 14.5 Å². The number of hydrogen-bond acceptors (Lipinski definition) is 6. The molecule has 0 aromatic carbocycles. The van der Waals surface area contributed by atoms with E-state index in [1.807, 2.05) is 4.68 Å². The van der Waals surface area contributed by atoms with Crippen LogP contribution in [0.15, 0.2) is 16.8 Å². The van der Waals surface area contributed by atoms with Gasteiger partial charge in [0.05, 0.1) is 22.2 Å². The molecule has 0 fully saturated rings. The molecule has 0 saturated heterocycles. The second kappa shape index (κ2) is 10.2. The van der Waals surface area contributed by atoms with Crippen molar-refractivity contribution >= 4 is 40.7 Å². The third kappa shape index (κ3) is 5.81. The highest BCUT2D eigenvalue weighted by Crippen LogP contribution is 2.49. The van der Waals surface area contributed by atoms with Crippen LogP contribution in [0, 0.1) is 0 Å². The standard InChI is InChI=1S/C24H36N4O3S2/c1-23(2,3)21-19-20(16-9-12-32-14-16)33-15-18(30)27(13-17(29)25-10-8-11-31-7)22(19)28(26-21)24(4,5)6/h9,12,14,20H,8,10-11,13,15H2,1-7H3,(H,25,29). The number of methoxy groups -OCH3 is 1. The van der Waals surface area contributed by atoms with Gasteiger partial charge in [-0.05, 0) is 49.6 Å². The second-order valence-corrected chi connectivity index (χ2v) is 12.2. The Morgan fingerprint density at radius 2 is 2.00 bits per heavy atom. The molecule has 1 N–H and O–H groups in total. The van der Waals surface area contributed by atoms with Gasteiger partial charge in [0.1, 0.15) is 12.4 Å². The molecule has 0 saturated carbocycles. The Bertz CT molecular complexity index is 971. The number of anilines is 1. The zero-order valence-electron chi connectivity index (χ0n) is 20.7. The predicted molar refractivity (Wildman–Crippen MR) is 136 cm³/mol. The summed E-state index contributed by atoms with van der Waals surface area (Å²) in [5.41, 5.74) is 2.59. The number of nitrogens with zero attached hydrogens (tertiary/aromatic N) is 3. The van der Waals surface area contributed by atoms with Crippen LogP contribution in [-0.4, -0.2) is 54.2 Å². The Morgan fingerprint density at radius 3 is 2.58 bits per heavy atom. The summed E-state index contributed by atoms with van der Waals surface area (Å²) in [6.07, 6.45) is 0.728. The first-order valence-electron chi connectivity index (χ1n) is 11.3. The van der Waals surface area contributed by atoms with Crippen molar-refractivity contribution in [2.24, 2.45) is 0 Å². The lowest BCUT2D eigenvalue weighted by Gasteiger charge is -2.28. The summed E-state index contributed by atoms with van der Waals surface area (Å²) in [4.78, 5) is 27.9. The van der Waals surface area contributed by atoms with E-state index in [4.69, 9.17) is 9.84 Å². The Hall–Kier alpha value is -1.84. The summed E-state index contributed by atoms with van der Waals surface area (Å²) in [6, 6.07) is 2.12. The number of thioether (sulfide) groups is 1. The fraction of sp³-hybridized carbons (Fsp3) is 0.625. The van der Waals surface area contributed by atoms with E-state index < -0.39 is 0 Å². The van der Waals surface area contributed by atoms with Crippen LogP contribution in [0.3, 0.4) is 0 Å². The van der Waals surface area contributed by atoms with Gasteiger partial charge in [0, 0.05) is 31.2 Å². The number of carbonyl (C=O) groups is 2. The number of amides is 2. The summed E-state index contributed by atoms with van der Waals surface area (Å²) in [7, 11) is 1.64. The fourth-order valence-corrected chi connectivity index (χ4v) is 5.83. The summed E-state index contributed by atoms with van der Waals surface area (Å²) in [6.45, 7) is 13.8. The molecule has 3 rings (SSSR count). The van der Waals surface area contributed by atoms with Crippen LogP contribution in [0.1, 0.15) is 70.0 Å². The Morgan fingerprint density at radius 1 is 1.27 bits per heavy atom. The molecule has 2 aromatic heterocycles. The first-order chi connectivity index (χ1) is 15.4. The molecule has 182 valence electrons. The molecule has 3 heterocycles. The first-order valence-corrected chi connectivity index (χ1v) is 13.3. The van der Waals surface area contributed by atoms with E-state index in [-0.39, 0.29) is 34.6 Å². The summed E-state index contributed by atoms with van der Waals surface area (Å²) in [5.74, 6) is 0.797. The molecular formula is C24H36N4O3S2. The van der Waals surface area contributed by atoms with Gasteiger partial charge in [-0.2, -0.15) is 16.4 Å². The minimum absolute atomic E-state index is 0.0183. The maximum atomic E-state index is 13.4. The molecule has 2 aromatic rings. The van der Waals surface area contributed by atoms with Gasteiger partial charge < -0.3 is 10.1 Å². The molecule has 0 aliphatic carbocycles. The van der Waals surface area contributed by atoms with E-state index in [2.05, 4.69) is 63.7 Å². The van der Waals surface area contributed by atoms with Gasteiger partial charge in [-0.15, -0.1) is 11.8 Å². The molecular weight excluding hydrogens is 456 g/mol. The first kappa shape index (κ1) is 25.8. The van der Waals surface area contributed by atoms with Crippen LogP contribution < -0.4 is 10.2 Å². The van der Waals surface area contributed by atoms with Crippen LogP contribution in [0.25, 0.3) is 0 Å². The normalized spacial score (nSPS) is 17.1. The van der Waals surface area contributed by atoms with Crippen molar-refractivity contribution in [3.63, 3.8) is 0 Å². The average Bonchev–Trinajstić information content (AvgIpc) is 3.35. The van der Waals surface area contributed by atoms with Crippen molar-refractivity contribution in [3.8, 4) is 0 Å². The van der Waals surface area contributed by atoms with Gasteiger partial charge >= 0.3 is 0 Å². The highest BCUT2D eigenvalue weighted by Gasteiger charge is 2.41. The molecule has 0 bridgehead atoms. The number of rotatable bonds is 7. The number of hydrogen-bond donors (Lipinski definition) is 1. The van der Waals surface area contributed by atoms with Crippen LogP contribution in [0.2, 0.25) is 0 Å². The molecule has 1 aliphatic rings. The molecule has 1 aliphatic heterocycles. The Balaban J connectivity index is 2.13. The van der Waals surface area contributed by atoms with Crippen molar-refractivity contribution < 1.29 is 14.3 Å². The highest BCUT2D eigenvalue weighted by molar-refractivity contribution is 8.00. The lowest BCUT2D eigenvalue weighted by atomic mass is 9.87. The van der Waals surface area contributed by atoms with E-state index in [1.54, 1.807) is 35.1 Å². The Kier molecular flexibility index (Phi) is 7.96. The van der Waals surface area contributed by atoms with Gasteiger partial charge in [0.2, 0.25) is 11.8 Å². The largest absolute Gasteiger partial charge is 0.385 e. The van der Waals surface area contributed by atoms with Crippen LogP contribution in [0.4, 0.5) is 5.82 Å². The number of ether oxygens (including phenoxy) is 1. The lowest BCUT2D eigenvalue weighted by molar-refractivity contribution is -0.123. The second-order valence-electron chi connectivity index (χ2n) is 10.3. The van der Waals surface area contributed by atoms with Crippen LogP contribution in [-0.2, 0) is 25.3 Å². The molecule has 33 heavy (non-hydrogen) atoms. The smallest absolute Gasteiger partial charge is 0.240 e. The number of thiophene rings is 1. The number of carbonyl (C=O) groups excluding carboxylic acids is 2. The maximum Gasteiger partial charge on any atom is 0.240 e. The molecule has 1 unspecified atom stereocenters. The monoisotopic (exact) mass is 492 g/mol. The maximum absolute atomic E-state index is 13.4. The van der Waals surface area contributed by atoms with E-state index in [0.717, 1.165) is 23.5 Å². The highest BCUT2D eigenvalue weighted by atomic mass is 32.2. The van der Waals surface area contributed by atoms with Crippen molar-refractivity contribution in [2.45, 2.75) is 64.2 Å². The average molecular weight is 493 g/mol. The number of aromatic nitrogens is 2. The lowest BCUT2D eigenvalue weighted by Crippen LogP contribution is -2.44. The van der Waals surface area contributed by atoms with Crippen LogP contribution >= 0.6 is 23.1 Å². The van der Waals surface area contributed by atoms with E-state index in [9.17, 15) is 9.59 Å². The molecule has 0 spiro atoms. The Labute approximate surface area is 205 Å². The third-order valence-electron chi connectivity index (χ3n) is 5.43. The van der Waals surface area contributed by atoms with Crippen molar-refractivity contribution in [3.05, 3.63) is 33.6 Å². The van der Waals surface area contributed by atoms with Gasteiger partial charge in [0.15, 0.2) is 0 Å². The van der Waals surface area contributed by atoms with Gasteiger partial charge in [-0.1, -0.05) is 20.8 Å². The van der Waals surface area contributed by atoms with Crippen molar-refractivity contribution in [1.82, 2.24) is 15.1 Å². The SMILES string of the molecule is COCCCNC(=O)CN1C(=O)CSC(c2ccsc2)c2c(C(C)(C)C)nn(C(C)(C)C)c21. The molecule has 2 amide bonds. The molecule has 0 radical (unpaired) electrons. The van der Waals surface area contributed by atoms with Crippen molar-refractivity contribution in [2.75, 3.05) is 37.5 Å². The minimum Gasteiger partial charge on any atom is -0.385 e. The van der Waals surface area contributed by atoms with Crippen molar-refractivity contribution in [1.29, 1.82) is 0 Å². The molecule has 9 heteroatoms. The van der Waals surface area contributed by atoms with Gasteiger partial charge in [-0.25, -0.2) is 4.68 Å². The fourth-order valence-electron chi connectivity index (χ4n) is 3.87. The van der Waals surface area contributed by atoms with E-state index in [0.29, 0.717) is 18.9 Å². The zero-order valence-corrected chi connectivity index (χ0v) is 22.4. The minimum atomic E-state index is -0.366. The van der Waals surface area contributed by atoms with Crippen LogP contribution in [0.5, 0.6) is 0 Å². The molecule has 1 atom stereocenters. The number of fused-ring (bicyclic) bond motifs is 1. The summed E-state index contributed by atoms with van der Waals surface area (Å²) >= 11 is 3.27. The third-order valence-corrected chi connectivity index (χ3v) is 7.39. The molecule has 7 nitrogen and oxygen atoms in total. The quantitative estimate of drug-likeness (QED) is 0.583.